The van der Waals surface area contributed by atoms with E-state index in [0.29, 0.717) is 10.8 Å². The first-order chi connectivity index (χ1) is 8.90. The van der Waals surface area contributed by atoms with Crippen molar-refractivity contribution in [2.24, 2.45) is 0 Å². The average Bonchev–Trinajstić information content (AvgIpc) is 2.74. The molecule has 0 radical (unpaired) electrons. The summed E-state index contributed by atoms with van der Waals surface area (Å²) in [7, 11) is 0. The summed E-state index contributed by atoms with van der Waals surface area (Å²) in [6.07, 6.45) is -4.48. The van der Waals surface area contributed by atoms with Gasteiger partial charge >= 0.3 is 6.18 Å². The van der Waals surface area contributed by atoms with E-state index in [2.05, 4.69) is 10.2 Å². The molecule has 0 N–H and O–H groups in total. The Hall–Kier alpha value is -2.01. The fraction of sp³-hybridized carbons (Fsp3) is 0.182. The zero-order chi connectivity index (χ0) is 14.0. The van der Waals surface area contributed by atoms with Crippen molar-refractivity contribution < 1.29 is 17.6 Å². The molecule has 4 nitrogen and oxygen atoms in total. The normalized spacial score (nSPS) is 11.3. The predicted molar refractivity (Wildman–Crippen MR) is 59.3 cm³/mol. The second kappa shape index (κ2) is 4.93. The molecular weight excluding hydrogens is 279 g/mol. The lowest BCUT2D eigenvalue weighted by Crippen LogP contribution is -2.05. The molecule has 0 bridgehead atoms. The van der Waals surface area contributed by atoms with Crippen molar-refractivity contribution in [1.82, 2.24) is 10.2 Å². The van der Waals surface area contributed by atoms with Crippen LogP contribution in [0.15, 0.2) is 32.7 Å². The number of nitriles is 1. The molecule has 0 aliphatic rings. The summed E-state index contributed by atoms with van der Waals surface area (Å²) in [6, 6.07) is 4.64. The van der Waals surface area contributed by atoms with Gasteiger partial charge in [0.15, 0.2) is 0 Å². The van der Waals surface area contributed by atoms with Crippen LogP contribution in [-0.2, 0) is 6.18 Å². The maximum atomic E-state index is 12.5. The highest BCUT2D eigenvalue weighted by Gasteiger charge is 2.31. The summed E-state index contributed by atoms with van der Waals surface area (Å²) in [5, 5.41) is 16.4. The van der Waals surface area contributed by atoms with Crippen LogP contribution in [0.25, 0.3) is 0 Å². The van der Waals surface area contributed by atoms with Crippen molar-refractivity contribution >= 4 is 11.8 Å². The Labute approximate surface area is 110 Å². The van der Waals surface area contributed by atoms with Crippen molar-refractivity contribution in [2.75, 3.05) is 0 Å². The van der Waals surface area contributed by atoms with Gasteiger partial charge < -0.3 is 4.42 Å². The molecule has 0 aliphatic heterocycles. The molecule has 8 heteroatoms. The Balaban J connectivity index is 2.34. The molecule has 0 fully saturated rings. The van der Waals surface area contributed by atoms with Gasteiger partial charge in [0.2, 0.25) is 5.89 Å². The zero-order valence-corrected chi connectivity index (χ0v) is 10.3. The topological polar surface area (TPSA) is 62.7 Å². The van der Waals surface area contributed by atoms with Crippen molar-refractivity contribution in [2.45, 2.75) is 23.2 Å². The van der Waals surface area contributed by atoms with Gasteiger partial charge in [-0.25, -0.2) is 0 Å². The number of benzene rings is 1. The van der Waals surface area contributed by atoms with Crippen LogP contribution in [0.2, 0.25) is 0 Å². The molecule has 0 aliphatic carbocycles. The molecular formula is C11H6F3N3OS. The summed E-state index contributed by atoms with van der Waals surface area (Å²) in [5.41, 5.74) is -0.953. The monoisotopic (exact) mass is 285 g/mol. The number of aromatic nitrogens is 2. The maximum Gasteiger partial charge on any atom is 0.416 e. The third-order valence-electron chi connectivity index (χ3n) is 2.13. The third-order valence-corrected chi connectivity index (χ3v) is 3.05. The number of hydrogen-bond acceptors (Lipinski definition) is 5. The summed E-state index contributed by atoms with van der Waals surface area (Å²) in [6.45, 7) is 1.59. The van der Waals surface area contributed by atoms with Crippen LogP contribution in [0, 0.1) is 18.3 Å². The zero-order valence-electron chi connectivity index (χ0n) is 9.52. The number of halogens is 3. The van der Waals surface area contributed by atoms with Crippen molar-refractivity contribution in [1.29, 1.82) is 5.26 Å². The van der Waals surface area contributed by atoms with Crippen LogP contribution >= 0.6 is 11.8 Å². The van der Waals surface area contributed by atoms with E-state index in [-0.39, 0.29) is 10.8 Å². The third kappa shape index (κ3) is 3.06. The van der Waals surface area contributed by atoms with E-state index in [1.165, 1.54) is 6.07 Å². The fourth-order valence-electron chi connectivity index (χ4n) is 1.30. The van der Waals surface area contributed by atoms with Crippen molar-refractivity contribution in [3.8, 4) is 6.07 Å². The fourth-order valence-corrected chi connectivity index (χ4v) is 2.08. The van der Waals surface area contributed by atoms with Gasteiger partial charge in [0.25, 0.3) is 5.22 Å². The highest BCUT2D eigenvalue weighted by molar-refractivity contribution is 7.99. The largest absolute Gasteiger partial charge is 0.416 e. The lowest BCUT2D eigenvalue weighted by molar-refractivity contribution is -0.137. The van der Waals surface area contributed by atoms with Crippen molar-refractivity contribution in [3.63, 3.8) is 0 Å². The Morgan fingerprint density at radius 3 is 2.58 bits per heavy atom. The minimum absolute atomic E-state index is 0.0873. The van der Waals surface area contributed by atoms with E-state index in [0.717, 1.165) is 23.9 Å². The molecule has 98 valence electrons. The molecule has 0 amide bonds. The number of alkyl halides is 3. The maximum absolute atomic E-state index is 12.5. The van der Waals surface area contributed by atoms with Crippen LogP contribution in [0.4, 0.5) is 13.2 Å². The first-order valence-electron chi connectivity index (χ1n) is 4.99. The minimum Gasteiger partial charge on any atom is -0.416 e. The van der Waals surface area contributed by atoms with Gasteiger partial charge in [-0.05, 0) is 30.0 Å². The van der Waals surface area contributed by atoms with Gasteiger partial charge in [-0.15, -0.1) is 10.2 Å². The molecule has 19 heavy (non-hydrogen) atoms. The van der Waals surface area contributed by atoms with Gasteiger partial charge in [0.1, 0.15) is 6.07 Å². The number of hydrogen-bond donors (Lipinski definition) is 0. The molecule has 2 aromatic rings. The van der Waals surface area contributed by atoms with E-state index < -0.39 is 11.7 Å². The summed E-state index contributed by atoms with van der Waals surface area (Å²) in [4.78, 5) is 0.333. The standard InChI is InChI=1S/C11H6F3N3OS/c1-6-16-17-10(18-6)19-9-3-2-8(11(12,13)14)4-7(9)5-15/h2-4H,1H3. The smallest absolute Gasteiger partial charge is 0.416 e. The molecule has 0 saturated carbocycles. The average molecular weight is 285 g/mol. The van der Waals surface area contributed by atoms with Gasteiger partial charge in [-0.2, -0.15) is 18.4 Å². The Bertz CT molecular complexity index is 645. The summed E-state index contributed by atoms with van der Waals surface area (Å²) in [5.74, 6) is 0.341. The van der Waals surface area contributed by atoms with Crippen LogP contribution in [0.1, 0.15) is 17.0 Å². The predicted octanol–water partition coefficient (Wildman–Crippen LogP) is 3.42. The number of nitrogens with zero attached hydrogens (tertiary/aromatic N) is 3. The van der Waals surface area contributed by atoms with E-state index in [9.17, 15) is 13.2 Å². The van der Waals surface area contributed by atoms with Crippen LogP contribution < -0.4 is 0 Å². The van der Waals surface area contributed by atoms with Gasteiger partial charge in [0, 0.05) is 11.8 Å². The van der Waals surface area contributed by atoms with Gasteiger partial charge in [-0.1, -0.05) is 0 Å². The molecule has 1 aromatic heterocycles. The van der Waals surface area contributed by atoms with Crippen LogP contribution in [0.3, 0.4) is 0 Å². The van der Waals surface area contributed by atoms with Gasteiger partial charge in [0.05, 0.1) is 11.1 Å². The van der Waals surface area contributed by atoms with E-state index in [1.807, 2.05) is 0 Å². The number of rotatable bonds is 2. The molecule has 0 spiro atoms. The Morgan fingerprint density at radius 2 is 2.05 bits per heavy atom. The first kappa shape index (κ1) is 13.4. The number of aryl methyl sites for hydroxylation is 1. The second-order valence-electron chi connectivity index (χ2n) is 3.51. The lowest BCUT2D eigenvalue weighted by Gasteiger charge is -2.08. The SMILES string of the molecule is Cc1nnc(Sc2ccc(C(F)(F)F)cc2C#N)o1. The van der Waals surface area contributed by atoms with E-state index >= 15 is 0 Å². The van der Waals surface area contributed by atoms with Crippen LogP contribution in [0.5, 0.6) is 0 Å². The lowest BCUT2D eigenvalue weighted by atomic mass is 10.1. The molecule has 2 rings (SSSR count). The quantitative estimate of drug-likeness (QED) is 0.846. The van der Waals surface area contributed by atoms with Gasteiger partial charge in [-0.3, -0.25) is 0 Å². The Kier molecular flexibility index (Phi) is 3.48. The summed E-state index contributed by atoms with van der Waals surface area (Å²) < 4.78 is 42.6. The van der Waals surface area contributed by atoms with Crippen LogP contribution in [-0.4, -0.2) is 10.2 Å². The highest BCUT2D eigenvalue weighted by Crippen LogP contribution is 2.34. The Morgan fingerprint density at radius 1 is 1.32 bits per heavy atom. The molecule has 0 atom stereocenters. The minimum atomic E-state index is -4.48. The molecule has 0 saturated heterocycles. The van der Waals surface area contributed by atoms with E-state index in [4.69, 9.17) is 9.68 Å². The van der Waals surface area contributed by atoms with Crippen molar-refractivity contribution in [3.05, 3.63) is 35.2 Å². The summed E-state index contributed by atoms with van der Waals surface area (Å²) >= 11 is 0.949. The molecule has 1 aromatic carbocycles. The first-order valence-corrected chi connectivity index (χ1v) is 5.81. The van der Waals surface area contributed by atoms with E-state index in [1.54, 1.807) is 13.0 Å². The second-order valence-corrected chi connectivity index (χ2v) is 4.50. The highest BCUT2D eigenvalue weighted by atomic mass is 32.2. The molecule has 1 heterocycles. The molecule has 0 unspecified atom stereocenters.